The van der Waals surface area contributed by atoms with Crippen LogP contribution in [0.2, 0.25) is 0 Å². The highest BCUT2D eigenvalue weighted by Crippen LogP contribution is 2.36. The number of urea groups is 1. The summed E-state index contributed by atoms with van der Waals surface area (Å²) in [7, 11) is 0. The van der Waals surface area contributed by atoms with Crippen LogP contribution < -0.4 is 16.2 Å². The first kappa shape index (κ1) is 20.9. The van der Waals surface area contributed by atoms with Gasteiger partial charge in [-0.1, -0.05) is 18.2 Å². The Bertz CT molecular complexity index is 1260. The number of fused-ring (bicyclic) bond motifs is 4. The molecule has 2 bridgehead atoms. The van der Waals surface area contributed by atoms with E-state index in [1.807, 2.05) is 24.3 Å². The van der Waals surface area contributed by atoms with Gasteiger partial charge in [0.15, 0.2) is 0 Å². The topological polar surface area (TPSA) is 83.4 Å². The lowest BCUT2D eigenvalue weighted by Crippen LogP contribution is -2.49. The highest BCUT2D eigenvalue weighted by atomic mass is 19.1. The number of halogens is 1. The number of amides is 3. The van der Waals surface area contributed by atoms with Gasteiger partial charge in [-0.3, -0.25) is 9.59 Å². The normalized spacial score (nSPS) is 18.9. The first-order chi connectivity index (χ1) is 16.0. The third-order valence-electron chi connectivity index (χ3n) is 6.26. The molecule has 1 saturated heterocycles. The number of para-hydroxylation sites is 1. The SMILES string of the molecule is O=C(Nc1ccccc1)Nc1ccc2n(c1=O)CC1CC2CN(C(=O)c2ccc(F)cc2)C1. The van der Waals surface area contributed by atoms with Crippen molar-refractivity contribution in [2.75, 3.05) is 23.7 Å². The van der Waals surface area contributed by atoms with Gasteiger partial charge in [0, 0.05) is 42.5 Å². The molecular weight excluding hydrogens is 423 g/mol. The Kier molecular flexibility index (Phi) is 5.42. The van der Waals surface area contributed by atoms with E-state index in [-0.39, 0.29) is 34.8 Å². The summed E-state index contributed by atoms with van der Waals surface area (Å²) in [6.45, 7) is 1.51. The summed E-state index contributed by atoms with van der Waals surface area (Å²) in [5.74, 6) is -0.345. The monoisotopic (exact) mass is 446 g/mol. The van der Waals surface area contributed by atoms with E-state index < -0.39 is 6.03 Å². The van der Waals surface area contributed by atoms with Crippen LogP contribution in [0.4, 0.5) is 20.6 Å². The van der Waals surface area contributed by atoms with Gasteiger partial charge in [0.2, 0.25) is 0 Å². The molecular formula is C25H23FN4O3. The molecule has 2 aromatic carbocycles. The lowest BCUT2D eigenvalue weighted by atomic mass is 9.83. The lowest BCUT2D eigenvalue weighted by Gasteiger charge is -2.43. The molecule has 2 N–H and O–H groups in total. The molecule has 0 saturated carbocycles. The maximum Gasteiger partial charge on any atom is 0.323 e. The molecule has 2 atom stereocenters. The molecule has 0 aliphatic carbocycles. The van der Waals surface area contributed by atoms with Gasteiger partial charge in [-0.15, -0.1) is 0 Å². The molecule has 0 spiro atoms. The highest BCUT2D eigenvalue weighted by Gasteiger charge is 2.37. The van der Waals surface area contributed by atoms with Crippen LogP contribution in [0.15, 0.2) is 71.5 Å². The van der Waals surface area contributed by atoms with E-state index in [1.54, 1.807) is 27.7 Å². The van der Waals surface area contributed by atoms with Gasteiger partial charge >= 0.3 is 6.03 Å². The summed E-state index contributed by atoms with van der Waals surface area (Å²) in [6, 6.07) is 17.6. The summed E-state index contributed by atoms with van der Waals surface area (Å²) in [5.41, 5.74) is 1.92. The number of pyridine rings is 1. The summed E-state index contributed by atoms with van der Waals surface area (Å²) in [4.78, 5) is 40.2. The Morgan fingerprint density at radius 2 is 1.64 bits per heavy atom. The number of hydrogen-bond donors (Lipinski definition) is 2. The number of hydrogen-bond acceptors (Lipinski definition) is 3. The number of carbonyl (C=O) groups is 2. The lowest BCUT2D eigenvalue weighted by molar-refractivity contribution is 0.0594. The van der Waals surface area contributed by atoms with E-state index in [0.29, 0.717) is 30.9 Å². The van der Waals surface area contributed by atoms with Gasteiger partial charge in [-0.25, -0.2) is 9.18 Å². The van der Waals surface area contributed by atoms with Crippen LogP contribution in [0.25, 0.3) is 0 Å². The maximum absolute atomic E-state index is 13.2. The third-order valence-corrected chi connectivity index (χ3v) is 6.26. The highest BCUT2D eigenvalue weighted by molar-refractivity contribution is 5.99. The fourth-order valence-corrected chi connectivity index (χ4v) is 4.79. The predicted octanol–water partition coefficient (Wildman–Crippen LogP) is 3.89. The van der Waals surface area contributed by atoms with Crippen LogP contribution in [-0.2, 0) is 6.54 Å². The molecule has 5 rings (SSSR count). The zero-order valence-corrected chi connectivity index (χ0v) is 17.8. The molecule has 168 valence electrons. The molecule has 33 heavy (non-hydrogen) atoms. The molecule has 2 unspecified atom stereocenters. The Labute approximate surface area is 189 Å². The minimum Gasteiger partial charge on any atom is -0.338 e. The average molecular weight is 446 g/mol. The van der Waals surface area contributed by atoms with E-state index in [9.17, 15) is 18.8 Å². The van der Waals surface area contributed by atoms with E-state index in [0.717, 1.165) is 12.1 Å². The number of anilines is 2. The van der Waals surface area contributed by atoms with Crippen LogP contribution in [0.1, 0.15) is 28.4 Å². The number of benzene rings is 2. The van der Waals surface area contributed by atoms with Crippen molar-refractivity contribution in [2.45, 2.75) is 18.9 Å². The van der Waals surface area contributed by atoms with Crippen LogP contribution in [0.3, 0.4) is 0 Å². The number of rotatable bonds is 3. The molecule has 3 aromatic rings. The molecule has 7 nitrogen and oxygen atoms in total. The van der Waals surface area contributed by atoms with Crippen molar-refractivity contribution in [2.24, 2.45) is 5.92 Å². The predicted molar refractivity (Wildman–Crippen MR) is 123 cm³/mol. The minimum atomic E-state index is -0.481. The number of aromatic nitrogens is 1. The van der Waals surface area contributed by atoms with Gasteiger partial charge < -0.3 is 20.1 Å². The smallest absolute Gasteiger partial charge is 0.323 e. The Hall–Kier alpha value is -3.94. The van der Waals surface area contributed by atoms with E-state index in [1.165, 1.54) is 24.3 Å². The quantitative estimate of drug-likeness (QED) is 0.640. The summed E-state index contributed by atoms with van der Waals surface area (Å²) >= 11 is 0. The van der Waals surface area contributed by atoms with Crippen LogP contribution in [0.5, 0.6) is 0 Å². The largest absolute Gasteiger partial charge is 0.338 e. The van der Waals surface area contributed by atoms with Crippen molar-refractivity contribution in [1.29, 1.82) is 0 Å². The van der Waals surface area contributed by atoms with Crippen molar-refractivity contribution >= 4 is 23.3 Å². The average Bonchev–Trinajstić information content (AvgIpc) is 2.82. The van der Waals surface area contributed by atoms with Gasteiger partial charge in [-0.2, -0.15) is 0 Å². The molecule has 2 aliphatic rings. The summed E-state index contributed by atoms with van der Waals surface area (Å²) in [5, 5.41) is 5.36. The number of nitrogens with one attached hydrogen (secondary N) is 2. The summed E-state index contributed by atoms with van der Waals surface area (Å²) in [6.07, 6.45) is 0.897. The van der Waals surface area contributed by atoms with E-state index in [4.69, 9.17) is 0 Å². The number of carbonyl (C=O) groups excluding carboxylic acids is 2. The molecule has 3 amide bonds. The number of likely N-dealkylation sites (tertiary alicyclic amines) is 1. The second-order valence-electron chi connectivity index (χ2n) is 8.55. The molecule has 1 aromatic heterocycles. The first-order valence-corrected chi connectivity index (χ1v) is 10.9. The van der Waals surface area contributed by atoms with Gasteiger partial charge in [0.25, 0.3) is 11.5 Å². The number of piperidine rings is 1. The molecule has 2 aliphatic heterocycles. The van der Waals surface area contributed by atoms with Gasteiger partial charge in [-0.05, 0) is 60.9 Å². The van der Waals surface area contributed by atoms with Crippen molar-refractivity contribution in [3.8, 4) is 0 Å². The van der Waals surface area contributed by atoms with Crippen LogP contribution >= 0.6 is 0 Å². The molecule has 1 fully saturated rings. The zero-order valence-electron chi connectivity index (χ0n) is 17.8. The van der Waals surface area contributed by atoms with Crippen molar-refractivity contribution < 1.29 is 14.0 Å². The standard InChI is InChI=1S/C25H23FN4O3/c26-19-8-6-17(7-9-19)23(31)29-13-16-12-18(15-29)22-11-10-21(24(32)30(22)14-16)28-25(33)27-20-4-2-1-3-5-20/h1-11,16,18H,12-15H2,(H2,27,28,33). The molecule has 8 heteroatoms. The van der Waals surface area contributed by atoms with Crippen LogP contribution in [-0.4, -0.2) is 34.5 Å². The van der Waals surface area contributed by atoms with E-state index >= 15 is 0 Å². The van der Waals surface area contributed by atoms with E-state index in [2.05, 4.69) is 10.6 Å². The zero-order chi connectivity index (χ0) is 22.9. The third kappa shape index (κ3) is 4.24. The second-order valence-corrected chi connectivity index (χ2v) is 8.55. The Balaban J connectivity index is 1.33. The van der Waals surface area contributed by atoms with Crippen molar-refractivity contribution in [3.05, 3.63) is 94.2 Å². The maximum atomic E-state index is 13.2. The Morgan fingerprint density at radius 1 is 0.879 bits per heavy atom. The van der Waals surface area contributed by atoms with Crippen molar-refractivity contribution in [3.63, 3.8) is 0 Å². The number of nitrogens with zero attached hydrogens (tertiary/aromatic N) is 2. The second kappa shape index (κ2) is 8.54. The van der Waals surface area contributed by atoms with Gasteiger partial charge in [0.1, 0.15) is 11.5 Å². The van der Waals surface area contributed by atoms with Crippen molar-refractivity contribution in [1.82, 2.24) is 9.47 Å². The fourth-order valence-electron chi connectivity index (χ4n) is 4.79. The van der Waals surface area contributed by atoms with Crippen LogP contribution in [0, 0.1) is 11.7 Å². The Morgan fingerprint density at radius 3 is 2.39 bits per heavy atom. The molecule has 3 heterocycles. The summed E-state index contributed by atoms with van der Waals surface area (Å²) < 4.78 is 14.9. The fraction of sp³-hybridized carbons (Fsp3) is 0.240. The first-order valence-electron chi connectivity index (χ1n) is 10.9. The molecule has 0 radical (unpaired) electrons. The van der Waals surface area contributed by atoms with Gasteiger partial charge in [0.05, 0.1) is 0 Å². The minimum absolute atomic E-state index is 0.0294.